The van der Waals surface area contributed by atoms with Crippen LogP contribution in [0.1, 0.15) is 0 Å². The summed E-state index contributed by atoms with van der Waals surface area (Å²) in [5, 5.41) is 1.17. The standard InChI is InChI=1S/C34H22N2S/c1-4-10-23(11-5-1)27-18-28(24-12-6-2-7-13-24)20-29(19-27)26-16-17-31-30(21-26)33-34(37-31)32(35-22-36-33)25-14-8-3-9-15-25/h1-22H. The molecule has 0 N–H and O–H groups in total. The van der Waals surface area contributed by atoms with Gasteiger partial charge in [0.2, 0.25) is 0 Å². The first-order valence-electron chi connectivity index (χ1n) is 12.3. The van der Waals surface area contributed by atoms with E-state index < -0.39 is 0 Å². The summed E-state index contributed by atoms with van der Waals surface area (Å²) in [7, 11) is 0. The van der Waals surface area contributed by atoms with Crippen molar-refractivity contribution in [2.45, 2.75) is 0 Å². The lowest BCUT2D eigenvalue weighted by molar-refractivity contribution is 1.24. The molecule has 2 nitrogen and oxygen atoms in total. The zero-order valence-corrected chi connectivity index (χ0v) is 20.8. The van der Waals surface area contributed by atoms with E-state index in [1.54, 1.807) is 17.7 Å². The number of hydrogen-bond donors (Lipinski definition) is 0. The second-order valence-corrected chi connectivity index (χ2v) is 10.2. The summed E-state index contributed by atoms with van der Waals surface area (Å²) in [6.07, 6.45) is 1.69. The lowest BCUT2D eigenvalue weighted by Crippen LogP contribution is -1.87. The second kappa shape index (κ2) is 9.12. The van der Waals surface area contributed by atoms with Crippen LogP contribution in [-0.2, 0) is 0 Å². The maximum atomic E-state index is 4.72. The minimum atomic E-state index is 0.991. The third-order valence-electron chi connectivity index (χ3n) is 6.78. The third-order valence-corrected chi connectivity index (χ3v) is 7.95. The zero-order valence-electron chi connectivity index (χ0n) is 20.0. The first-order valence-corrected chi connectivity index (χ1v) is 13.1. The minimum absolute atomic E-state index is 0.991. The second-order valence-electron chi connectivity index (χ2n) is 9.11. The topological polar surface area (TPSA) is 25.8 Å². The van der Waals surface area contributed by atoms with Crippen LogP contribution in [0.2, 0.25) is 0 Å². The van der Waals surface area contributed by atoms with Crippen LogP contribution in [0.15, 0.2) is 134 Å². The van der Waals surface area contributed by atoms with Crippen LogP contribution in [0.5, 0.6) is 0 Å². The van der Waals surface area contributed by atoms with Crippen molar-refractivity contribution in [1.82, 2.24) is 9.97 Å². The Hall–Kier alpha value is -4.60. The van der Waals surface area contributed by atoms with Crippen molar-refractivity contribution in [2.24, 2.45) is 0 Å². The lowest BCUT2D eigenvalue weighted by Gasteiger charge is -2.11. The molecule has 174 valence electrons. The highest BCUT2D eigenvalue weighted by molar-refractivity contribution is 7.26. The molecule has 0 saturated heterocycles. The Kier molecular flexibility index (Phi) is 5.34. The summed E-state index contributed by atoms with van der Waals surface area (Å²) in [6.45, 7) is 0. The van der Waals surface area contributed by atoms with Crippen molar-refractivity contribution in [3.63, 3.8) is 0 Å². The Labute approximate surface area is 219 Å². The molecule has 5 aromatic carbocycles. The maximum absolute atomic E-state index is 4.72. The van der Waals surface area contributed by atoms with E-state index in [4.69, 9.17) is 4.98 Å². The summed E-state index contributed by atoms with van der Waals surface area (Å²) in [5.41, 5.74) is 10.3. The van der Waals surface area contributed by atoms with Gasteiger partial charge in [0.15, 0.2) is 0 Å². The highest BCUT2D eigenvalue weighted by Gasteiger charge is 2.14. The van der Waals surface area contributed by atoms with Gasteiger partial charge in [-0.15, -0.1) is 11.3 Å². The van der Waals surface area contributed by atoms with Crippen LogP contribution in [0.4, 0.5) is 0 Å². The summed E-state index contributed by atoms with van der Waals surface area (Å²) in [4.78, 5) is 9.36. The minimum Gasteiger partial charge on any atom is -0.235 e. The molecule has 7 rings (SSSR count). The molecule has 0 fully saturated rings. The number of benzene rings is 5. The molecule has 37 heavy (non-hydrogen) atoms. The Balaban J connectivity index is 1.42. The number of thiophene rings is 1. The van der Waals surface area contributed by atoms with Crippen LogP contribution in [-0.4, -0.2) is 9.97 Å². The van der Waals surface area contributed by atoms with Crippen LogP contribution in [0, 0.1) is 0 Å². The van der Waals surface area contributed by atoms with Gasteiger partial charge in [0, 0.05) is 15.6 Å². The molecule has 0 aliphatic carbocycles. The molecule has 0 saturated carbocycles. The largest absolute Gasteiger partial charge is 0.235 e. The number of aromatic nitrogens is 2. The fraction of sp³-hybridized carbons (Fsp3) is 0. The molecular formula is C34H22N2S. The van der Waals surface area contributed by atoms with E-state index in [0.717, 1.165) is 21.5 Å². The van der Waals surface area contributed by atoms with Gasteiger partial charge in [0.25, 0.3) is 0 Å². The van der Waals surface area contributed by atoms with E-state index in [1.807, 2.05) is 6.07 Å². The summed E-state index contributed by atoms with van der Waals surface area (Å²) in [6, 6.07) is 45.2. The fourth-order valence-corrected chi connectivity index (χ4v) is 6.09. The van der Waals surface area contributed by atoms with E-state index in [-0.39, 0.29) is 0 Å². The quantitative estimate of drug-likeness (QED) is 0.245. The predicted octanol–water partition coefficient (Wildman–Crippen LogP) is 9.51. The van der Waals surface area contributed by atoms with Crippen LogP contribution in [0.25, 0.3) is 64.9 Å². The average Bonchev–Trinajstić information content (AvgIpc) is 3.36. The molecule has 0 amide bonds. The number of fused-ring (bicyclic) bond motifs is 3. The van der Waals surface area contributed by atoms with Crippen molar-refractivity contribution >= 4 is 31.6 Å². The molecule has 0 radical (unpaired) electrons. The molecule has 0 bridgehead atoms. The van der Waals surface area contributed by atoms with Crippen molar-refractivity contribution in [3.05, 3.63) is 134 Å². The average molecular weight is 491 g/mol. The van der Waals surface area contributed by atoms with Crippen molar-refractivity contribution in [3.8, 4) is 44.6 Å². The van der Waals surface area contributed by atoms with Crippen molar-refractivity contribution in [2.75, 3.05) is 0 Å². The highest BCUT2D eigenvalue weighted by Crippen LogP contribution is 2.40. The van der Waals surface area contributed by atoms with E-state index >= 15 is 0 Å². The highest BCUT2D eigenvalue weighted by atomic mass is 32.1. The normalized spacial score (nSPS) is 11.2. The van der Waals surface area contributed by atoms with Gasteiger partial charge in [-0.25, -0.2) is 9.97 Å². The molecule has 2 aromatic heterocycles. The smallest absolute Gasteiger partial charge is 0.116 e. The van der Waals surface area contributed by atoms with Crippen molar-refractivity contribution < 1.29 is 0 Å². The van der Waals surface area contributed by atoms with Gasteiger partial charge >= 0.3 is 0 Å². The van der Waals surface area contributed by atoms with E-state index in [0.29, 0.717) is 0 Å². The molecular weight excluding hydrogens is 468 g/mol. The first-order chi connectivity index (χ1) is 18.3. The molecule has 0 aliphatic rings. The molecule has 7 aromatic rings. The molecule has 2 heterocycles. The van der Waals surface area contributed by atoms with E-state index in [2.05, 4.69) is 126 Å². The van der Waals surface area contributed by atoms with Crippen LogP contribution < -0.4 is 0 Å². The van der Waals surface area contributed by atoms with Gasteiger partial charge in [-0.1, -0.05) is 97.1 Å². The molecule has 0 unspecified atom stereocenters. The maximum Gasteiger partial charge on any atom is 0.116 e. The van der Waals surface area contributed by atoms with Gasteiger partial charge in [-0.05, 0) is 63.7 Å². The zero-order chi connectivity index (χ0) is 24.6. The van der Waals surface area contributed by atoms with E-state index in [1.165, 1.54) is 43.5 Å². The lowest BCUT2D eigenvalue weighted by atomic mass is 9.93. The fourth-order valence-electron chi connectivity index (χ4n) is 4.95. The van der Waals surface area contributed by atoms with Gasteiger partial charge in [-0.2, -0.15) is 0 Å². The van der Waals surface area contributed by atoms with Crippen molar-refractivity contribution in [1.29, 1.82) is 0 Å². The number of rotatable bonds is 4. The Morgan fingerprint density at radius 3 is 1.57 bits per heavy atom. The third kappa shape index (κ3) is 4.00. The first kappa shape index (κ1) is 21.7. The monoisotopic (exact) mass is 490 g/mol. The number of nitrogens with zero attached hydrogens (tertiary/aromatic N) is 2. The molecule has 3 heteroatoms. The van der Waals surface area contributed by atoms with Gasteiger partial charge in [-0.3, -0.25) is 0 Å². The Morgan fingerprint density at radius 2 is 0.973 bits per heavy atom. The van der Waals surface area contributed by atoms with E-state index in [9.17, 15) is 0 Å². The molecule has 0 aliphatic heterocycles. The molecule has 0 atom stereocenters. The van der Waals surface area contributed by atoms with Gasteiger partial charge < -0.3 is 0 Å². The summed E-state index contributed by atoms with van der Waals surface area (Å²) < 4.78 is 2.35. The predicted molar refractivity (Wildman–Crippen MR) is 157 cm³/mol. The number of hydrogen-bond acceptors (Lipinski definition) is 3. The summed E-state index contributed by atoms with van der Waals surface area (Å²) >= 11 is 1.76. The molecule has 0 spiro atoms. The van der Waals surface area contributed by atoms with Crippen LogP contribution >= 0.6 is 11.3 Å². The Bertz CT molecular complexity index is 1800. The Morgan fingerprint density at radius 1 is 0.432 bits per heavy atom. The summed E-state index contributed by atoms with van der Waals surface area (Å²) in [5.74, 6) is 0. The van der Waals surface area contributed by atoms with Gasteiger partial charge in [0.05, 0.1) is 15.9 Å². The SMILES string of the molecule is c1ccc(-c2cc(-c3ccccc3)cc(-c3ccc4sc5c(-c6ccccc6)ncnc5c4c3)c2)cc1. The van der Waals surface area contributed by atoms with Gasteiger partial charge in [0.1, 0.15) is 6.33 Å². The van der Waals surface area contributed by atoms with Crippen LogP contribution in [0.3, 0.4) is 0 Å².